The quantitative estimate of drug-likeness (QED) is 0.833. The van der Waals surface area contributed by atoms with E-state index in [-0.39, 0.29) is 6.10 Å². The van der Waals surface area contributed by atoms with Crippen LogP contribution in [0.4, 0.5) is 0 Å². The fourth-order valence-electron chi connectivity index (χ4n) is 1.99. The summed E-state index contributed by atoms with van der Waals surface area (Å²) in [5.41, 5.74) is 0. The third kappa shape index (κ3) is 4.14. The average molecular weight is 251 g/mol. The van der Waals surface area contributed by atoms with Gasteiger partial charge in [-0.15, -0.1) is 0 Å². The Hall–Kier alpha value is -1.36. The first kappa shape index (κ1) is 13.1. The first-order chi connectivity index (χ1) is 8.74. The van der Waals surface area contributed by atoms with Crippen LogP contribution in [-0.2, 0) is 0 Å². The lowest BCUT2D eigenvalue weighted by atomic mass is 10.1. The molecule has 0 saturated carbocycles. The molecule has 5 nitrogen and oxygen atoms in total. The smallest absolute Gasteiger partial charge is 0.235 e. The third-order valence-electron chi connectivity index (χ3n) is 2.89. The Morgan fingerprint density at radius 1 is 1.39 bits per heavy atom. The molecule has 1 N–H and O–H groups in total. The van der Waals surface area contributed by atoms with Gasteiger partial charge < -0.3 is 14.8 Å². The fraction of sp³-hybridized carbons (Fsp3) is 0.692. The van der Waals surface area contributed by atoms with Crippen molar-refractivity contribution in [3.63, 3.8) is 0 Å². The molecule has 1 aromatic heterocycles. The number of aromatic nitrogens is 2. The van der Waals surface area contributed by atoms with E-state index in [4.69, 9.17) is 9.47 Å². The summed E-state index contributed by atoms with van der Waals surface area (Å²) in [5, 5.41) is 3.35. The first-order valence-corrected chi connectivity index (χ1v) is 6.56. The second kappa shape index (κ2) is 6.54. The molecule has 1 aliphatic heterocycles. The van der Waals surface area contributed by atoms with Crippen LogP contribution >= 0.6 is 0 Å². The number of nitrogens with zero attached hydrogens (tertiary/aromatic N) is 2. The Balaban J connectivity index is 1.77. The summed E-state index contributed by atoms with van der Waals surface area (Å²) >= 11 is 0. The maximum Gasteiger partial charge on any atom is 0.235 e. The maximum atomic E-state index is 5.61. The van der Waals surface area contributed by atoms with Crippen LogP contribution in [0.5, 0.6) is 11.8 Å². The minimum atomic E-state index is 0.0964. The molecule has 1 atom stereocenters. The summed E-state index contributed by atoms with van der Waals surface area (Å²) in [4.78, 5) is 8.32. The number of rotatable bonds is 6. The number of hydrogen-bond acceptors (Lipinski definition) is 5. The molecule has 0 amide bonds. The molecule has 2 rings (SSSR count). The second-order valence-electron chi connectivity index (χ2n) is 4.86. The largest absolute Gasteiger partial charge is 0.476 e. The average Bonchev–Trinajstić information content (AvgIpc) is 2.82. The molecule has 2 heterocycles. The Labute approximate surface area is 108 Å². The zero-order valence-corrected chi connectivity index (χ0v) is 11.1. The van der Waals surface area contributed by atoms with Gasteiger partial charge in [-0.2, -0.15) is 4.98 Å². The van der Waals surface area contributed by atoms with Gasteiger partial charge in [-0.3, -0.25) is 4.98 Å². The monoisotopic (exact) mass is 251 g/mol. The standard InChI is InChI=1S/C13H21N3O2/c1-10(2)18-13-9-15-8-12(16-13)17-6-4-11-3-5-14-7-11/h8-11,14H,3-7H2,1-2H3. The highest BCUT2D eigenvalue weighted by Gasteiger charge is 2.14. The Kier molecular flexibility index (Phi) is 4.75. The second-order valence-corrected chi connectivity index (χ2v) is 4.86. The van der Waals surface area contributed by atoms with E-state index in [1.165, 1.54) is 6.42 Å². The third-order valence-corrected chi connectivity index (χ3v) is 2.89. The lowest BCUT2D eigenvalue weighted by Crippen LogP contribution is -2.12. The van der Waals surface area contributed by atoms with Crippen LogP contribution in [0, 0.1) is 5.92 Å². The molecular formula is C13H21N3O2. The molecule has 100 valence electrons. The number of ether oxygens (including phenoxy) is 2. The Bertz CT molecular complexity index is 365. The molecule has 0 radical (unpaired) electrons. The van der Waals surface area contributed by atoms with Crippen molar-refractivity contribution in [1.82, 2.24) is 15.3 Å². The number of hydrogen-bond donors (Lipinski definition) is 1. The molecule has 18 heavy (non-hydrogen) atoms. The van der Waals surface area contributed by atoms with Crippen molar-refractivity contribution in [3.8, 4) is 11.8 Å². The highest BCUT2D eigenvalue weighted by molar-refractivity contribution is 5.12. The number of nitrogens with one attached hydrogen (secondary N) is 1. The maximum absolute atomic E-state index is 5.61. The van der Waals surface area contributed by atoms with Gasteiger partial charge in [0, 0.05) is 0 Å². The normalized spacial score (nSPS) is 19.2. The van der Waals surface area contributed by atoms with Gasteiger partial charge in [-0.25, -0.2) is 0 Å². The summed E-state index contributed by atoms with van der Waals surface area (Å²) in [7, 11) is 0. The van der Waals surface area contributed by atoms with E-state index >= 15 is 0 Å². The van der Waals surface area contributed by atoms with Gasteiger partial charge >= 0.3 is 0 Å². The van der Waals surface area contributed by atoms with E-state index in [2.05, 4.69) is 15.3 Å². The summed E-state index contributed by atoms with van der Waals surface area (Å²) in [6.07, 6.45) is 5.63. The van der Waals surface area contributed by atoms with Gasteiger partial charge in [0.15, 0.2) is 0 Å². The van der Waals surface area contributed by atoms with E-state index in [0.29, 0.717) is 18.4 Å². The van der Waals surface area contributed by atoms with Crippen LogP contribution in [0.1, 0.15) is 26.7 Å². The molecule has 1 unspecified atom stereocenters. The van der Waals surface area contributed by atoms with Crippen LogP contribution in [0.15, 0.2) is 12.4 Å². The highest BCUT2D eigenvalue weighted by atomic mass is 16.5. The Morgan fingerprint density at radius 3 is 2.94 bits per heavy atom. The summed E-state index contributed by atoms with van der Waals surface area (Å²) in [6, 6.07) is 0. The first-order valence-electron chi connectivity index (χ1n) is 6.56. The van der Waals surface area contributed by atoms with Crippen LogP contribution in [0.25, 0.3) is 0 Å². The van der Waals surface area contributed by atoms with Gasteiger partial charge in [0.05, 0.1) is 25.1 Å². The summed E-state index contributed by atoms with van der Waals surface area (Å²) in [6.45, 7) is 6.84. The van der Waals surface area contributed by atoms with E-state index in [1.807, 2.05) is 13.8 Å². The van der Waals surface area contributed by atoms with Crippen LogP contribution in [0.2, 0.25) is 0 Å². The molecule has 5 heteroatoms. The minimum absolute atomic E-state index is 0.0964. The van der Waals surface area contributed by atoms with Gasteiger partial charge in [0.2, 0.25) is 11.8 Å². The lowest BCUT2D eigenvalue weighted by molar-refractivity contribution is 0.222. The van der Waals surface area contributed by atoms with Crippen LogP contribution < -0.4 is 14.8 Å². The lowest BCUT2D eigenvalue weighted by Gasteiger charge is -2.11. The van der Waals surface area contributed by atoms with E-state index in [1.54, 1.807) is 12.4 Å². The molecule has 1 fully saturated rings. The molecular weight excluding hydrogens is 230 g/mol. The van der Waals surface area contributed by atoms with Crippen molar-refractivity contribution in [2.24, 2.45) is 5.92 Å². The van der Waals surface area contributed by atoms with Crippen molar-refractivity contribution in [2.75, 3.05) is 19.7 Å². The zero-order chi connectivity index (χ0) is 12.8. The van der Waals surface area contributed by atoms with Gasteiger partial charge in [-0.05, 0) is 45.7 Å². The minimum Gasteiger partial charge on any atom is -0.476 e. The van der Waals surface area contributed by atoms with Crippen molar-refractivity contribution < 1.29 is 9.47 Å². The molecule has 0 aliphatic carbocycles. The predicted octanol–water partition coefficient (Wildman–Crippen LogP) is 1.64. The molecule has 1 aliphatic rings. The molecule has 0 spiro atoms. The van der Waals surface area contributed by atoms with E-state index in [9.17, 15) is 0 Å². The van der Waals surface area contributed by atoms with Crippen molar-refractivity contribution >= 4 is 0 Å². The molecule has 1 aromatic rings. The van der Waals surface area contributed by atoms with Crippen LogP contribution in [0.3, 0.4) is 0 Å². The van der Waals surface area contributed by atoms with Crippen molar-refractivity contribution in [3.05, 3.63) is 12.4 Å². The van der Waals surface area contributed by atoms with Crippen molar-refractivity contribution in [2.45, 2.75) is 32.8 Å². The Morgan fingerprint density at radius 2 is 2.22 bits per heavy atom. The molecule has 1 saturated heterocycles. The van der Waals surface area contributed by atoms with Gasteiger partial charge in [0.1, 0.15) is 0 Å². The van der Waals surface area contributed by atoms with E-state index < -0.39 is 0 Å². The van der Waals surface area contributed by atoms with Gasteiger partial charge in [-0.1, -0.05) is 0 Å². The van der Waals surface area contributed by atoms with Crippen LogP contribution in [-0.4, -0.2) is 35.8 Å². The van der Waals surface area contributed by atoms with Crippen molar-refractivity contribution in [1.29, 1.82) is 0 Å². The summed E-state index contributed by atoms with van der Waals surface area (Å²) in [5.74, 6) is 1.79. The zero-order valence-electron chi connectivity index (χ0n) is 11.1. The SMILES string of the molecule is CC(C)Oc1cncc(OCCC2CCNC2)n1. The topological polar surface area (TPSA) is 56.3 Å². The predicted molar refractivity (Wildman–Crippen MR) is 68.9 cm³/mol. The summed E-state index contributed by atoms with van der Waals surface area (Å²) < 4.78 is 11.1. The van der Waals surface area contributed by atoms with Gasteiger partial charge in [0.25, 0.3) is 0 Å². The van der Waals surface area contributed by atoms with E-state index in [0.717, 1.165) is 25.4 Å². The molecule has 0 aromatic carbocycles. The fourth-order valence-corrected chi connectivity index (χ4v) is 1.99. The molecule has 0 bridgehead atoms. The highest BCUT2D eigenvalue weighted by Crippen LogP contribution is 2.15.